The zero-order chi connectivity index (χ0) is 15.7. The maximum atomic E-state index is 12.5. The first-order valence-corrected chi connectivity index (χ1v) is 7.84. The molecule has 3 aromatic rings. The molecule has 1 amide bonds. The standard InChI is InChI=1S/C17H12BrClN2O/c1-10-5-7-12-15(20-10)3-2-4-16(12)21-17(22)13-9-11(18)6-8-14(13)19/h2-9H,1H3,(H,21,22). The molecule has 0 bridgehead atoms. The average molecular weight is 376 g/mol. The summed E-state index contributed by atoms with van der Waals surface area (Å²) in [5.74, 6) is -0.251. The maximum Gasteiger partial charge on any atom is 0.257 e. The number of hydrogen-bond donors (Lipinski definition) is 1. The molecule has 0 saturated heterocycles. The summed E-state index contributed by atoms with van der Waals surface area (Å²) in [6.45, 7) is 1.94. The summed E-state index contributed by atoms with van der Waals surface area (Å²) in [6, 6.07) is 14.7. The van der Waals surface area contributed by atoms with Crippen molar-refractivity contribution in [2.45, 2.75) is 6.92 Å². The van der Waals surface area contributed by atoms with Crippen molar-refractivity contribution in [3.8, 4) is 0 Å². The van der Waals surface area contributed by atoms with E-state index in [0.29, 0.717) is 16.3 Å². The lowest BCUT2D eigenvalue weighted by atomic mass is 10.1. The normalized spacial score (nSPS) is 10.7. The maximum absolute atomic E-state index is 12.5. The van der Waals surface area contributed by atoms with Gasteiger partial charge in [0.05, 0.1) is 21.8 Å². The Kier molecular flexibility index (Phi) is 4.14. The van der Waals surface area contributed by atoms with Gasteiger partial charge in [-0.3, -0.25) is 9.78 Å². The number of rotatable bonds is 2. The molecule has 0 atom stereocenters. The van der Waals surface area contributed by atoms with Crippen molar-refractivity contribution in [2.75, 3.05) is 5.32 Å². The lowest BCUT2D eigenvalue weighted by Crippen LogP contribution is -2.12. The van der Waals surface area contributed by atoms with Crippen LogP contribution in [0.4, 0.5) is 5.69 Å². The van der Waals surface area contributed by atoms with Crippen molar-refractivity contribution in [1.29, 1.82) is 0 Å². The van der Waals surface area contributed by atoms with Gasteiger partial charge >= 0.3 is 0 Å². The van der Waals surface area contributed by atoms with Crippen LogP contribution < -0.4 is 5.32 Å². The summed E-state index contributed by atoms with van der Waals surface area (Å²) in [5.41, 5.74) is 2.92. The molecule has 110 valence electrons. The fourth-order valence-electron chi connectivity index (χ4n) is 2.23. The lowest BCUT2D eigenvalue weighted by molar-refractivity contribution is 0.102. The number of halogens is 2. The van der Waals surface area contributed by atoms with E-state index in [4.69, 9.17) is 11.6 Å². The number of fused-ring (bicyclic) bond motifs is 1. The van der Waals surface area contributed by atoms with Gasteiger partial charge in [0.15, 0.2) is 0 Å². The van der Waals surface area contributed by atoms with Gasteiger partial charge in [-0.2, -0.15) is 0 Å². The van der Waals surface area contributed by atoms with Crippen LogP contribution in [0.1, 0.15) is 16.1 Å². The highest BCUT2D eigenvalue weighted by atomic mass is 79.9. The predicted octanol–water partition coefficient (Wildman–Crippen LogP) is 5.21. The molecule has 0 aliphatic rings. The number of amides is 1. The second kappa shape index (κ2) is 6.07. The Morgan fingerprint density at radius 2 is 2.00 bits per heavy atom. The van der Waals surface area contributed by atoms with Crippen LogP contribution in [0.2, 0.25) is 5.02 Å². The minimum atomic E-state index is -0.251. The molecule has 22 heavy (non-hydrogen) atoms. The first-order chi connectivity index (χ1) is 10.5. The van der Waals surface area contributed by atoms with E-state index in [1.807, 2.05) is 37.3 Å². The SMILES string of the molecule is Cc1ccc2c(NC(=O)c3cc(Br)ccc3Cl)cccc2n1. The number of hydrogen-bond acceptors (Lipinski definition) is 2. The smallest absolute Gasteiger partial charge is 0.257 e. The van der Waals surface area contributed by atoms with Crippen LogP contribution in [0.25, 0.3) is 10.9 Å². The quantitative estimate of drug-likeness (QED) is 0.668. The van der Waals surface area contributed by atoms with Gasteiger partial charge in [-0.25, -0.2) is 0 Å². The van der Waals surface area contributed by atoms with E-state index in [0.717, 1.165) is 21.1 Å². The third kappa shape index (κ3) is 2.98. The number of nitrogens with one attached hydrogen (secondary N) is 1. The molecule has 0 unspecified atom stereocenters. The average Bonchev–Trinajstić information content (AvgIpc) is 2.49. The minimum Gasteiger partial charge on any atom is -0.321 e. The van der Waals surface area contributed by atoms with Gasteiger partial charge in [0.1, 0.15) is 0 Å². The molecule has 2 aromatic carbocycles. The number of carbonyl (C=O) groups is 1. The highest BCUT2D eigenvalue weighted by Gasteiger charge is 2.12. The fraction of sp³-hybridized carbons (Fsp3) is 0.0588. The van der Waals surface area contributed by atoms with Gasteiger partial charge < -0.3 is 5.32 Å². The largest absolute Gasteiger partial charge is 0.321 e. The van der Waals surface area contributed by atoms with E-state index in [1.165, 1.54) is 0 Å². The Hall–Kier alpha value is -1.91. The summed E-state index contributed by atoms with van der Waals surface area (Å²) in [4.78, 5) is 16.9. The second-order valence-corrected chi connectivity index (χ2v) is 6.23. The zero-order valence-electron chi connectivity index (χ0n) is 11.7. The van der Waals surface area contributed by atoms with E-state index < -0.39 is 0 Å². The van der Waals surface area contributed by atoms with Crippen molar-refractivity contribution in [3.63, 3.8) is 0 Å². The molecule has 0 radical (unpaired) electrons. The number of nitrogens with zero attached hydrogens (tertiary/aromatic N) is 1. The molecule has 3 nitrogen and oxygen atoms in total. The Morgan fingerprint density at radius 1 is 1.18 bits per heavy atom. The number of pyridine rings is 1. The van der Waals surface area contributed by atoms with Gasteiger partial charge in [0.25, 0.3) is 5.91 Å². The van der Waals surface area contributed by atoms with Gasteiger partial charge in [-0.1, -0.05) is 33.6 Å². The summed E-state index contributed by atoms with van der Waals surface area (Å²) >= 11 is 9.45. The third-order valence-electron chi connectivity index (χ3n) is 3.29. The van der Waals surface area contributed by atoms with Crippen molar-refractivity contribution in [1.82, 2.24) is 4.98 Å². The van der Waals surface area contributed by atoms with Crippen molar-refractivity contribution in [2.24, 2.45) is 0 Å². The monoisotopic (exact) mass is 374 g/mol. The molecule has 0 saturated carbocycles. The molecular weight excluding hydrogens is 364 g/mol. The first kappa shape index (κ1) is 15.0. The molecule has 0 spiro atoms. The Labute approximate surface area is 141 Å². The number of aryl methyl sites for hydroxylation is 1. The van der Waals surface area contributed by atoms with Crippen LogP contribution in [0.5, 0.6) is 0 Å². The Bertz CT molecular complexity index is 880. The molecule has 0 aliphatic heterocycles. The lowest BCUT2D eigenvalue weighted by Gasteiger charge is -2.10. The van der Waals surface area contributed by atoms with E-state index in [9.17, 15) is 4.79 Å². The molecule has 3 rings (SSSR count). The van der Waals surface area contributed by atoms with E-state index >= 15 is 0 Å². The molecule has 1 heterocycles. The highest BCUT2D eigenvalue weighted by Crippen LogP contribution is 2.25. The third-order valence-corrected chi connectivity index (χ3v) is 4.12. The second-order valence-electron chi connectivity index (χ2n) is 4.90. The molecule has 1 aromatic heterocycles. The number of carbonyl (C=O) groups excluding carboxylic acids is 1. The summed E-state index contributed by atoms with van der Waals surface area (Å²) in [5, 5.41) is 4.21. The summed E-state index contributed by atoms with van der Waals surface area (Å²) in [6.07, 6.45) is 0. The van der Waals surface area contributed by atoms with Crippen LogP contribution in [0.3, 0.4) is 0 Å². The van der Waals surface area contributed by atoms with Gasteiger partial charge in [0, 0.05) is 15.6 Å². The predicted molar refractivity (Wildman–Crippen MR) is 93.6 cm³/mol. The first-order valence-electron chi connectivity index (χ1n) is 6.67. The molecule has 0 fully saturated rings. The van der Waals surface area contributed by atoms with E-state index in [-0.39, 0.29) is 5.91 Å². The van der Waals surface area contributed by atoms with Crippen LogP contribution in [0.15, 0.2) is 53.0 Å². The molecule has 0 aliphatic carbocycles. The van der Waals surface area contributed by atoms with Gasteiger partial charge in [0.2, 0.25) is 0 Å². The minimum absolute atomic E-state index is 0.251. The molecular formula is C17H12BrClN2O. The summed E-state index contributed by atoms with van der Waals surface area (Å²) in [7, 11) is 0. The van der Waals surface area contributed by atoms with Crippen LogP contribution >= 0.6 is 27.5 Å². The van der Waals surface area contributed by atoms with Gasteiger partial charge in [-0.05, 0) is 49.4 Å². The number of aromatic nitrogens is 1. The van der Waals surface area contributed by atoms with Crippen molar-refractivity contribution >= 4 is 50.0 Å². The Balaban J connectivity index is 1.99. The highest BCUT2D eigenvalue weighted by molar-refractivity contribution is 9.10. The van der Waals surface area contributed by atoms with Crippen molar-refractivity contribution < 1.29 is 4.79 Å². The van der Waals surface area contributed by atoms with E-state index in [1.54, 1.807) is 18.2 Å². The van der Waals surface area contributed by atoms with Gasteiger partial charge in [-0.15, -0.1) is 0 Å². The fourth-order valence-corrected chi connectivity index (χ4v) is 2.79. The number of benzene rings is 2. The van der Waals surface area contributed by atoms with Crippen LogP contribution in [0, 0.1) is 6.92 Å². The number of anilines is 1. The topological polar surface area (TPSA) is 42.0 Å². The zero-order valence-corrected chi connectivity index (χ0v) is 14.1. The van der Waals surface area contributed by atoms with E-state index in [2.05, 4.69) is 26.2 Å². The van der Waals surface area contributed by atoms with Crippen molar-refractivity contribution in [3.05, 3.63) is 69.3 Å². The van der Waals surface area contributed by atoms with Crippen LogP contribution in [-0.4, -0.2) is 10.9 Å². The summed E-state index contributed by atoms with van der Waals surface area (Å²) < 4.78 is 0.803. The van der Waals surface area contributed by atoms with Crippen LogP contribution in [-0.2, 0) is 0 Å². The Morgan fingerprint density at radius 3 is 2.82 bits per heavy atom. The molecule has 1 N–H and O–H groups in total. The molecule has 5 heteroatoms.